The Morgan fingerprint density at radius 2 is 1.20 bits per heavy atom. The SMILES string of the molecule is C=C(C)C.CCCCCC. The van der Waals surface area contributed by atoms with Gasteiger partial charge >= 0.3 is 0 Å². The van der Waals surface area contributed by atoms with E-state index in [9.17, 15) is 0 Å². The summed E-state index contributed by atoms with van der Waals surface area (Å²) in [7, 11) is 0. The van der Waals surface area contributed by atoms with Crippen LogP contribution in [0.5, 0.6) is 0 Å². The molecule has 0 saturated heterocycles. The first kappa shape index (κ1) is 12.4. The first-order valence-corrected chi connectivity index (χ1v) is 4.27. The molecule has 10 heavy (non-hydrogen) atoms. The molecular formula is C10H22. The minimum absolute atomic E-state index is 1.17. The fourth-order valence-electron chi connectivity index (χ4n) is 0.500. The highest BCUT2D eigenvalue weighted by Gasteiger charge is 1.75. The summed E-state index contributed by atoms with van der Waals surface area (Å²) >= 11 is 0. The number of unbranched alkanes of at least 4 members (excludes halogenated alkanes) is 3. The summed E-state index contributed by atoms with van der Waals surface area (Å²) in [6.07, 6.45) is 5.54. The molecule has 0 heteroatoms. The van der Waals surface area contributed by atoms with E-state index in [1.807, 2.05) is 13.8 Å². The van der Waals surface area contributed by atoms with Crippen LogP contribution in [-0.2, 0) is 0 Å². The van der Waals surface area contributed by atoms with Crippen LogP contribution in [0.2, 0.25) is 0 Å². The van der Waals surface area contributed by atoms with E-state index in [0.717, 1.165) is 0 Å². The lowest BCUT2D eigenvalue weighted by Crippen LogP contribution is -1.66. The van der Waals surface area contributed by atoms with Gasteiger partial charge in [0.1, 0.15) is 0 Å². The predicted octanol–water partition coefficient (Wildman–Crippen LogP) is 4.17. The largest absolute Gasteiger partial charge is 0.100 e. The average molecular weight is 142 g/mol. The fourth-order valence-corrected chi connectivity index (χ4v) is 0.500. The third kappa shape index (κ3) is 46.8. The number of hydrogen-bond acceptors (Lipinski definition) is 0. The maximum absolute atomic E-state index is 3.56. The van der Waals surface area contributed by atoms with E-state index < -0.39 is 0 Å². The van der Waals surface area contributed by atoms with Crippen LogP contribution >= 0.6 is 0 Å². The Bertz CT molecular complexity index is 54.4. The Morgan fingerprint density at radius 1 is 1.00 bits per heavy atom. The van der Waals surface area contributed by atoms with Gasteiger partial charge in [0.2, 0.25) is 0 Å². The summed E-state index contributed by atoms with van der Waals surface area (Å²) in [6, 6.07) is 0. The van der Waals surface area contributed by atoms with Gasteiger partial charge in [-0.1, -0.05) is 45.1 Å². The van der Waals surface area contributed by atoms with E-state index in [1.165, 1.54) is 31.3 Å². The van der Waals surface area contributed by atoms with Crippen LogP contribution in [0.25, 0.3) is 0 Å². The molecule has 0 bridgehead atoms. The Balaban J connectivity index is 0. The Morgan fingerprint density at radius 3 is 1.30 bits per heavy atom. The van der Waals surface area contributed by atoms with Crippen LogP contribution in [0, 0.1) is 0 Å². The molecule has 0 saturated carbocycles. The second kappa shape index (κ2) is 11.5. The molecule has 0 amide bonds. The van der Waals surface area contributed by atoms with Crippen molar-refractivity contribution >= 4 is 0 Å². The van der Waals surface area contributed by atoms with Gasteiger partial charge in [0, 0.05) is 0 Å². The zero-order chi connectivity index (χ0) is 8.41. The van der Waals surface area contributed by atoms with Crippen molar-refractivity contribution in [3.05, 3.63) is 12.2 Å². The molecule has 0 atom stereocenters. The molecule has 0 aliphatic rings. The minimum Gasteiger partial charge on any atom is -0.100 e. The Labute approximate surface area is 66.3 Å². The zero-order valence-electron chi connectivity index (χ0n) is 8.04. The fraction of sp³-hybridized carbons (Fsp3) is 0.800. The van der Waals surface area contributed by atoms with Gasteiger partial charge in [-0.3, -0.25) is 0 Å². The van der Waals surface area contributed by atoms with Crippen molar-refractivity contribution in [1.29, 1.82) is 0 Å². The van der Waals surface area contributed by atoms with Gasteiger partial charge < -0.3 is 0 Å². The van der Waals surface area contributed by atoms with Crippen LogP contribution in [0.15, 0.2) is 12.2 Å². The third-order valence-electron chi connectivity index (χ3n) is 0.957. The summed E-state index contributed by atoms with van der Waals surface area (Å²) in [5, 5.41) is 0. The highest BCUT2D eigenvalue weighted by Crippen LogP contribution is 1.95. The standard InChI is InChI=1S/C6H14.C4H8/c1-3-5-6-4-2;1-4(2)3/h3-6H2,1-2H3;1H2,2-3H3. The molecule has 0 aromatic heterocycles. The zero-order valence-corrected chi connectivity index (χ0v) is 8.04. The van der Waals surface area contributed by atoms with E-state index in [0.29, 0.717) is 0 Å². The van der Waals surface area contributed by atoms with Crippen LogP contribution in [0.1, 0.15) is 53.4 Å². The summed E-state index contributed by atoms with van der Waals surface area (Å²) in [5.74, 6) is 0. The van der Waals surface area contributed by atoms with Gasteiger partial charge in [-0.15, -0.1) is 6.58 Å². The first-order valence-electron chi connectivity index (χ1n) is 4.27. The molecule has 0 aromatic rings. The van der Waals surface area contributed by atoms with E-state index in [1.54, 1.807) is 0 Å². The van der Waals surface area contributed by atoms with Crippen LogP contribution in [0.3, 0.4) is 0 Å². The first-order chi connectivity index (χ1) is 4.65. The van der Waals surface area contributed by atoms with Crippen molar-refractivity contribution in [2.24, 2.45) is 0 Å². The molecule has 0 nitrogen and oxygen atoms in total. The van der Waals surface area contributed by atoms with E-state index in [2.05, 4.69) is 20.4 Å². The number of allylic oxidation sites excluding steroid dienone is 1. The monoisotopic (exact) mass is 142 g/mol. The van der Waals surface area contributed by atoms with Crippen LogP contribution in [0.4, 0.5) is 0 Å². The van der Waals surface area contributed by atoms with Crippen molar-refractivity contribution in [3.63, 3.8) is 0 Å². The highest BCUT2D eigenvalue weighted by atomic mass is 13.8. The topological polar surface area (TPSA) is 0 Å². The Hall–Kier alpha value is -0.260. The maximum atomic E-state index is 3.56. The Kier molecular flexibility index (Phi) is 14.3. The van der Waals surface area contributed by atoms with Gasteiger partial charge in [-0.25, -0.2) is 0 Å². The van der Waals surface area contributed by atoms with E-state index >= 15 is 0 Å². The van der Waals surface area contributed by atoms with Gasteiger partial charge in [0.15, 0.2) is 0 Å². The van der Waals surface area contributed by atoms with Gasteiger partial charge in [-0.05, 0) is 13.8 Å². The summed E-state index contributed by atoms with van der Waals surface area (Å²) < 4.78 is 0. The van der Waals surface area contributed by atoms with Gasteiger partial charge in [0.25, 0.3) is 0 Å². The number of hydrogen-bond donors (Lipinski definition) is 0. The minimum atomic E-state index is 1.17. The van der Waals surface area contributed by atoms with Crippen molar-refractivity contribution in [2.45, 2.75) is 53.4 Å². The lowest BCUT2D eigenvalue weighted by Gasteiger charge is -1.86. The van der Waals surface area contributed by atoms with E-state index in [4.69, 9.17) is 0 Å². The lowest BCUT2D eigenvalue weighted by atomic mass is 10.2. The summed E-state index contributed by atoms with van der Waals surface area (Å²) in [5.41, 5.74) is 1.17. The molecule has 0 aliphatic carbocycles. The normalized spacial score (nSPS) is 8.00. The van der Waals surface area contributed by atoms with Crippen molar-refractivity contribution < 1.29 is 0 Å². The molecule has 0 spiro atoms. The molecule has 0 aromatic carbocycles. The van der Waals surface area contributed by atoms with Gasteiger partial charge in [-0.2, -0.15) is 0 Å². The number of rotatable bonds is 3. The summed E-state index contributed by atoms with van der Waals surface area (Å²) in [6.45, 7) is 12.0. The highest BCUT2D eigenvalue weighted by molar-refractivity contribution is 4.78. The molecule has 62 valence electrons. The molecule has 0 aliphatic heterocycles. The second-order valence-corrected chi connectivity index (χ2v) is 2.91. The van der Waals surface area contributed by atoms with Crippen LogP contribution < -0.4 is 0 Å². The van der Waals surface area contributed by atoms with Crippen molar-refractivity contribution in [3.8, 4) is 0 Å². The third-order valence-corrected chi connectivity index (χ3v) is 0.957. The molecule has 0 N–H and O–H groups in total. The molecule has 0 rings (SSSR count). The average Bonchev–Trinajstić information content (AvgIpc) is 1.82. The summed E-state index contributed by atoms with van der Waals surface area (Å²) in [4.78, 5) is 0. The smallest absolute Gasteiger partial charge is 0.0445 e. The molecule has 0 heterocycles. The predicted molar refractivity (Wildman–Crippen MR) is 50.3 cm³/mol. The maximum Gasteiger partial charge on any atom is -0.0445 e. The molecule has 0 radical (unpaired) electrons. The van der Waals surface area contributed by atoms with E-state index in [-0.39, 0.29) is 0 Å². The van der Waals surface area contributed by atoms with Crippen molar-refractivity contribution in [1.82, 2.24) is 0 Å². The molecular weight excluding hydrogens is 120 g/mol. The van der Waals surface area contributed by atoms with Crippen molar-refractivity contribution in [2.75, 3.05) is 0 Å². The quantitative estimate of drug-likeness (QED) is 0.410. The van der Waals surface area contributed by atoms with Crippen LogP contribution in [-0.4, -0.2) is 0 Å². The molecule has 0 fully saturated rings. The molecule has 0 unspecified atom stereocenters. The lowest BCUT2D eigenvalue weighted by molar-refractivity contribution is 0.702. The van der Waals surface area contributed by atoms with Gasteiger partial charge in [0.05, 0.1) is 0 Å². The second-order valence-electron chi connectivity index (χ2n) is 2.91.